The summed E-state index contributed by atoms with van der Waals surface area (Å²) in [5.74, 6) is 0.119. The molecule has 4 rings (SSSR count). The highest BCUT2D eigenvalue weighted by molar-refractivity contribution is 7.89. The quantitative estimate of drug-likeness (QED) is 0.607. The largest absolute Gasteiger partial charge is 0.243 e. The monoisotopic (exact) mass is 412 g/mol. The summed E-state index contributed by atoms with van der Waals surface area (Å²) in [6.45, 7) is 6.96. The molecule has 146 valence electrons. The van der Waals surface area contributed by atoms with E-state index in [1.165, 1.54) is 5.56 Å². The summed E-state index contributed by atoms with van der Waals surface area (Å²) in [6, 6.07) is 13.8. The van der Waals surface area contributed by atoms with Gasteiger partial charge < -0.3 is 0 Å². The Hall–Kier alpha value is -2.02. The maximum atomic E-state index is 13.6. The molecular formula is C22H24N2O2S2. The highest BCUT2D eigenvalue weighted by atomic mass is 32.2. The van der Waals surface area contributed by atoms with Crippen LogP contribution in [0.2, 0.25) is 0 Å². The zero-order chi connectivity index (χ0) is 19.9. The molecule has 0 spiro atoms. The lowest BCUT2D eigenvalue weighted by molar-refractivity contribution is 0.390. The van der Waals surface area contributed by atoms with E-state index in [0.717, 1.165) is 33.8 Å². The maximum Gasteiger partial charge on any atom is 0.243 e. The highest BCUT2D eigenvalue weighted by Gasteiger charge is 2.31. The van der Waals surface area contributed by atoms with Crippen molar-refractivity contribution in [2.24, 2.45) is 0 Å². The van der Waals surface area contributed by atoms with Gasteiger partial charge in [-0.25, -0.2) is 13.4 Å². The first kappa shape index (κ1) is 19.3. The average Bonchev–Trinajstić information content (AvgIpc) is 3.13. The third-order valence-corrected chi connectivity index (χ3v) is 7.94. The van der Waals surface area contributed by atoms with Crippen LogP contribution >= 0.6 is 11.3 Å². The summed E-state index contributed by atoms with van der Waals surface area (Å²) < 4.78 is 28.9. The molecule has 28 heavy (non-hydrogen) atoms. The molecule has 1 aromatic heterocycles. The molecule has 0 saturated heterocycles. The van der Waals surface area contributed by atoms with Gasteiger partial charge >= 0.3 is 0 Å². The van der Waals surface area contributed by atoms with Crippen molar-refractivity contribution in [3.05, 3.63) is 69.5 Å². The van der Waals surface area contributed by atoms with Gasteiger partial charge in [-0.3, -0.25) is 0 Å². The Kier molecular flexibility index (Phi) is 5.12. The lowest BCUT2D eigenvalue weighted by atomic mass is 10.0. The van der Waals surface area contributed by atoms with Gasteiger partial charge in [-0.1, -0.05) is 50.2 Å². The molecule has 0 aliphatic carbocycles. The van der Waals surface area contributed by atoms with Gasteiger partial charge in [0.2, 0.25) is 10.0 Å². The Labute approximate surface area is 170 Å². The fourth-order valence-corrected chi connectivity index (χ4v) is 6.12. The van der Waals surface area contributed by atoms with Gasteiger partial charge in [0.25, 0.3) is 0 Å². The Morgan fingerprint density at radius 2 is 1.86 bits per heavy atom. The smallest absolute Gasteiger partial charge is 0.242 e. The minimum Gasteiger partial charge on any atom is -0.242 e. The number of fused-ring (bicyclic) bond motifs is 1. The predicted octanol–water partition coefficient (Wildman–Crippen LogP) is 4.99. The number of aromatic nitrogens is 1. The van der Waals surface area contributed by atoms with Crippen molar-refractivity contribution >= 4 is 21.4 Å². The molecule has 0 N–H and O–H groups in total. The summed E-state index contributed by atoms with van der Waals surface area (Å²) in [5.41, 5.74) is 4.87. The van der Waals surface area contributed by atoms with Crippen molar-refractivity contribution in [3.63, 3.8) is 0 Å². The number of hydrogen-bond donors (Lipinski definition) is 0. The molecule has 3 aromatic rings. The SMILES string of the molecule is Cc1nc(-c2ccc(C(C)C)c(S(=O)(=O)N3CCc4ccccc4C3)c2)cs1. The van der Waals surface area contributed by atoms with E-state index in [9.17, 15) is 8.42 Å². The molecule has 0 amide bonds. The van der Waals surface area contributed by atoms with Crippen molar-refractivity contribution in [2.45, 2.75) is 44.6 Å². The van der Waals surface area contributed by atoms with E-state index in [1.54, 1.807) is 21.7 Å². The number of benzene rings is 2. The molecule has 0 radical (unpaired) electrons. The fourth-order valence-electron chi connectivity index (χ4n) is 3.70. The highest BCUT2D eigenvalue weighted by Crippen LogP contribution is 2.33. The summed E-state index contributed by atoms with van der Waals surface area (Å²) >= 11 is 1.57. The number of sulfonamides is 1. The number of thiazole rings is 1. The minimum absolute atomic E-state index is 0.119. The van der Waals surface area contributed by atoms with Gasteiger partial charge in [0.05, 0.1) is 15.6 Å². The van der Waals surface area contributed by atoms with E-state index in [4.69, 9.17) is 0 Å². The zero-order valence-corrected chi connectivity index (χ0v) is 18.0. The molecule has 0 saturated carbocycles. The first-order valence-corrected chi connectivity index (χ1v) is 11.8. The van der Waals surface area contributed by atoms with Crippen LogP contribution in [0.15, 0.2) is 52.7 Å². The number of aryl methyl sites for hydroxylation is 1. The first-order valence-electron chi connectivity index (χ1n) is 9.49. The fraction of sp³-hybridized carbons (Fsp3) is 0.318. The maximum absolute atomic E-state index is 13.6. The van der Waals surface area contributed by atoms with Crippen molar-refractivity contribution in [1.82, 2.24) is 9.29 Å². The van der Waals surface area contributed by atoms with Crippen LogP contribution < -0.4 is 0 Å². The average molecular weight is 413 g/mol. The van der Waals surface area contributed by atoms with E-state index in [1.807, 2.05) is 56.5 Å². The van der Waals surface area contributed by atoms with Crippen LogP contribution in [-0.4, -0.2) is 24.3 Å². The summed E-state index contributed by atoms with van der Waals surface area (Å²) in [6.07, 6.45) is 0.747. The molecule has 2 heterocycles. The summed E-state index contributed by atoms with van der Waals surface area (Å²) in [7, 11) is -3.60. The molecule has 0 atom stereocenters. The topological polar surface area (TPSA) is 50.3 Å². The molecule has 0 fully saturated rings. The Morgan fingerprint density at radius 1 is 1.11 bits per heavy atom. The zero-order valence-electron chi connectivity index (χ0n) is 16.3. The first-order chi connectivity index (χ1) is 13.4. The van der Waals surface area contributed by atoms with E-state index < -0.39 is 10.0 Å². The van der Waals surface area contributed by atoms with Gasteiger partial charge in [-0.15, -0.1) is 11.3 Å². The molecule has 6 heteroatoms. The molecule has 0 unspecified atom stereocenters. The second-order valence-electron chi connectivity index (χ2n) is 7.52. The molecule has 4 nitrogen and oxygen atoms in total. The van der Waals surface area contributed by atoms with Crippen LogP contribution in [0.1, 0.15) is 41.5 Å². The van der Waals surface area contributed by atoms with Crippen molar-refractivity contribution < 1.29 is 8.42 Å². The van der Waals surface area contributed by atoms with Crippen LogP contribution in [-0.2, 0) is 23.0 Å². The summed E-state index contributed by atoms with van der Waals surface area (Å²) in [5, 5.41) is 2.95. The van der Waals surface area contributed by atoms with Crippen molar-refractivity contribution in [3.8, 4) is 11.3 Å². The second kappa shape index (κ2) is 7.43. The Bertz CT molecular complexity index is 1120. The van der Waals surface area contributed by atoms with Crippen LogP contribution in [0.25, 0.3) is 11.3 Å². The summed E-state index contributed by atoms with van der Waals surface area (Å²) in [4.78, 5) is 4.94. The predicted molar refractivity (Wildman–Crippen MR) is 114 cm³/mol. The van der Waals surface area contributed by atoms with Gasteiger partial charge in [0.15, 0.2) is 0 Å². The van der Waals surface area contributed by atoms with E-state index in [-0.39, 0.29) is 5.92 Å². The van der Waals surface area contributed by atoms with E-state index in [2.05, 4.69) is 11.1 Å². The lowest BCUT2D eigenvalue weighted by Crippen LogP contribution is -2.36. The van der Waals surface area contributed by atoms with Gasteiger partial charge in [0, 0.05) is 24.0 Å². The van der Waals surface area contributed by atoms with Crippen molar-refractivity contribution in [1.29, 1.82) is 0 Å². The third kappa shape index (κ3) is 3.52. The Morgan fingerprint density at radius 3 is 2.54 bits per heavy atom. The lowest BCUT2D eigenvalue weighted by Gasteiger charge is -2.29. The molecule has 2 aromatic carbocycles. The van der Waals surface area contributed by atoms with E-state index in [0.29, 0.717) is 18.0 Å². The standard InChI is InChI=1S/C22H24N2O2S2/c1-15(2)20-9-8-18(21-14-27-16(3)23-21)12-22(20)28(25,26)24-11-10-17-6-4-5-7-19(17)13-24/h4-9,12,14-15H,10-11,13H2,1-3H3. The number of rotatable bonds is 4. The minimum atomic E-state index is -3.60. The second-order valence-corrected chi connectivity index (χ2v) is 10.5. The normalized spacial score (nSPS) is 15.0. The molecule has 0 bridgehead atoms. The van der Waals surface area contributed by atoms with Gasteiger partial charge in [0.1, 0.15) is 0 Å². The Balaban J connectivity index is 1.78. The van der Waals surface area contributed by atoms with Crippen LogP contribution in [0.5, 0.6) is 0 Å². The van der Waals surface area contributed by atoms with E-state index >= 15 is 0 Å². The number of hydrogen-bond acceptors (Lipinski definition) is 4. The van der Waals surface area contributed by atoms with Crippen molar-refractivity contribution in [2.75, 3.05) is 6.54 Å². The molecule has 1 aliphatic heterocycles. The van der Waals surface area contributed by atoms with Gasteiger partial charge in [-0.2, -0.15) is 4.31 Å². The van der Waals surface area contributed by atoms with Crippen LogP contribution in [0.4, 0.5) is 0 Å². The number of nitrogens with zero attached hydrogens (tertiary/aromatic N) is 2. The van der Waals surface area contributed by atoms with Crippen LogP contribution in [0, 0.1) is 6.92 Å². The third-order valence-electron chi connectivity index (χ3n) is 5.26. The molecular weight excluding hydrogens is 388 g/mol. The molecule has 1 aliphatic rings. The van der Waals surface area contributed by atoms with Crippen LogP contribution in [0.3, 0.4) is 0 Å². The van der Waals surface area contributed by atoms with Gasteiger partial charge in [-0.05, 0) is 42.0 Å².